The summed E-state index contributed by atoms with van der Waals surface area (Å²) in [6, 6.07) is 0.851. The van der Waals surface area contributed by atoms with Gasteiger partial charge >= 0.3 is 0 Å². The molecule has 0 aromatic carbocycles. The standard InChI is InChI=1S/C18H32N4/c1-4-22-15(2)17(12-19-22)14-20(3)13-16-8-7-11-21-10-6-5-9-18(16)21/h12,16,18H,4-11,13-14H2,1-3H3/t16-,18+/m0/s1. The predicted octanol–water partition coefficient (Wildman–Crippen LogP) is 2.91. The maximum absolute atomic E-state index is 4.48. The van der Waals surface area contributed by atoms with Crippen molar-refractivity contribution in [2.45, 2.75) is 65.1 Å². The van der Waals surface area contributed by atoms with E-state index in [9.17, 15) is 0 Å². The molecule has 0 bridgehead atoms. The van der Waals surface area contributed by atoms with Crippen LogP contribution in [-0.2, 0) is 13.1 Å². The van der Waals surface area contributed by atoms with Crippen molar-refractivity contribution in [2.24, 2.45) is 5.92 Å². The van der Waals surface area contributed by atoms with Crippen LogP contribution in [0, 0.1) is 12.8 Å². The lowest BCUT2D eigenvalue weighted by Crippen LogP contribution is -2.50. The average molecular weight is 304 g/mol. The third kappa shape index (κ3) is 3.38. The second kappa shape index (κ2) is 7.14. The van der Waals surface area contributed by atoms with Crippen LogP contribution < -0.4 is 0 Å². The normalized spacial score (nSPS) is 26.4. The molecular formula is C18H32N4. The first kappa shape index (κ1) is 16.0. The first-order valence-corrected chi connectivity index (χ1v) is 9.13. The fraction of sp³-hybridized carbons (Fsp3) is 0.833. The van der Waals surface area contributed by atoms with Gasteiger partial charge in [-0.15, -0.1) is 0 Å². The molecule has 0 saturated carbocycles. The highest BCUT2D eigenvalue weighted by atomic mass is 15.3. The summed E-state index contributed by atoms with van der Waals surface area (Å²) in [6.07, 6.45) is 9.13. The molecule has 3 heterocycles. The molecule has 0 aliphatic carbocycles. The van der Waals surface area contributed by atoms with Gasteiger partial charge in [0.05, 0.1) is 6.20 Å². The third-order valence-electron chi connectivity index (χ3n) is 5.72. The van der Waals surface area contributed by atoms with E-state index in [4.69, 9.17) is 0 Å². The van der Waals surface area contributed by atoms with E-state index in [2.05, 4.69) is 46.7 Å². The molecule has 22 heavy (non-hydrogen) atoms. The predicted molar refractivity (Wildman–Crippen MR) is 90.9 cm³/mol. The zero-order chi connectivity index (χ0) is 15.5. The van der Waals surface area contributed by atoms with Crippen LogP contribution in [0.2, 0.25) is 0 Å². The molecule has 124 valence electrons. The van der Waals surface area contributed by atoms with Crippen molar-refractivity contribution in [3.05, 3.63) is 17.5 Å². The third-order valence-corrected chi connectivity index (χ3v) is 5.72. The van der Waals surface area contributed by atoms with E-state index in [1.54, 1.807) is 0 Å². The maximum Gasteiger partial charge on any atom is 0.0537 e. The van der Waals surface area contributed by atoms with Gasteiger partial charge in [-0.3, -0.25) is 4.68 Å². The molecule has 2 atom stereocenters. The zero-order valence-corrected chi connectivity index (χ0v) is 14.6. The fourth-order valence-corrected chi connectivity index (χ4v) is 4.51. The van der Waals surface area contributed by atoms with Gasteiger partial charge in [0.25, 0.3) is 0 Å². The Morgan fingerprint density at radius 2 is 2.05 bits per heavy atom. The summed E-state index contributed by atoms with van der Waals surface area (Å²) in [5.74, 6) is 0.862. The Bertz CT molecular complexity index is 479. The summed E-state index contributed by atoms with van der Waals surface area (Å²) >= 11 is 0. The summed E-state index contributed by atoms with van der Waals surface area (Å²) in [7, 11) is 2.28. The number of piperidine rings is 2. The van der Waals surface area contributed by atoms with Gasteiger partial charge in [-0.2, -0.15) is 5.10 Å². The van der Waals surface area contributed by atoms with E-state index in [-0.39, 0.29) is 0 Å². The zero-order valence-electron chi connectivity index (χ0n) is 14.6. The minimum Gasteiger partial charge on any atom is -0.302 e. The number of aryl methyl sites for hydroxylation is 1. The molecule has 1 aromatic rings. The first-order valence-electron chi connectivity index (χ1n) is 9.13. The van der Waals surface area contributed by atoms with Crippen LogP contribution in [0.3, 0.4) is 0 Å². The van der Waals surface area contributed by atoms with Gasteiger partial charge in [-0.25, -0.2) is 0 Å². The molecule has 2 aliphatic heterocycles. The topological polar surface area (TPSA) is 24.3 Å². The van der Waals surface area contributed by atoms with Gasteiger partial charge < -0.3 is 9.80 Å². The van der Waals surface area contributed by atoms with Crippen molar-refractivity contribution in [3.63, 3.8) is 0 Å². The highest BCUT2D eigenvalue weighted by Crippen LogP contribution is 2.31. The molecule has 0 unspecified atom stereocenters. The van der Waals surface area contributed by atoms with Gasteiger partial charge in [-0.1, -0.05) is 6.42 Å². The van der Waals surface area contributed by atoms with Crippen LogP contribution in [0.4, 0.5) is 0 Å². The van der Waals surface area contributed by atoms with Crippen LogP contribution in [0.25, 0.3) is 0 Å². The van der Waals surface area contributed by atoms with Crippen LogP contribution in [0.1, 0.15) is 50.3 Å². The van der Waals surface area contributed by atoms with Crippen LogP contribution in [0.15, 0.2) is 6.20 Å². The molecule has 0 radical (unpaired) electrons. The molecule has 4 heteroatoms. The molecule has 0 amide bonds. The summed E-state index contributed by atoms with van der Waals surface area (Å²) in [5, 5.41) is 4.48. The molecule has 0 spiro atoms. The second-order valence-corrected chi connectivity index (χ2v) is 7.27. The molecule has 2 saturated heterocycles. The highest BCUT2D eigenvalue weighted by molar-refractivity contribution is 5.15. The Hall–Kier alpha value is -0.870. The summed E-state index contributed by atoms with van der Waals surface area (Å²) in [4.78, 5) is 5.29. The van der Waals surface area contributed by atoms with Crippen molar-refractivity contribution < 1.29 is 0 Å². The first-order chi connectivity index (χ1) is 10.7. The summed E-state index contributed by atoms with van der Waals surface area (Å²) in [6.45, 7) is 10.3. The van der Waals surface area contributed by atoms with E-state index in [0.717, 1.165) is 25.0 Å². The minimum atomic E-state index is 0.851. The van der Waals surface area contributed by atoms with Crippen molar-refractivity contribution >= 4 is 0 Å². The molecular weight excluding hydrogens is 272 g/mol. The van der Waals surface area contributed by atoms with E-state index in [0.29, 0.717) is 0 Å². The number of hydrogen-bond donors (Lipinski definition) is 0. The van der Waals surface area contributed by atoms with Crippen molar-refractivity contribution in [1.82, 2.24) is 19.6 Å². The summed E-state index contributed by atoms with van der Waals surface area (Å²) in [5.41, 5.74) is 2.72. The van der Waals surface area contributed by atoms with Crippen molar-refractivity contribution in [2.75, 3.05) is 26.7 Å². The van der Waals surface area contributed by atoms with Crippen LogP contribution in [0.5, 0.6) is 0 Å². The average Bonchev–Trinajstić information content (AvgIpc) is 2.88. The molecule has 2 aliphatic rings. The maximum atomic E-state index is 4.48. The molecule has 3 rings (SSSR count). The van der Waals surface area contributed by atoms with E-state index < -0.39 is 0 Å². The van der Waals surface area contributed by atoms with Gasteiger partial charge in [0.1, 0.15) is 0 Å². The SMILES string of the molecule is CCn1ncc(CN(C)C[C@@H]2CCCN3CCCC[C@H]23)c1C. The lowest BCUT2D eigenvalue weighted by Gasteiger charge is -2.45. The molecule has 0 N–H and O–H groups in total. The van der Waals surface area contributed by atoms with Crippen molar-refractivity contribution in [1.29, 1.82) is 0 Å². The Labute approximate surface area is 135 Å². The quantitative estimate of drug-likeness (QED) is 0.836. The number of fused-ring (bicyclic) bond motifs is 1. The molecule has 1 aromatic heterocycles. The number of nitrogens with zero attached hydrogens (tertiary/aromatic N) is 4. The largest absolute Gasteiger partial charge is 0.302 e. The number of rotatable bonds is 5. The van der Waals surface area contributed by atoms with Gasteiger partial charge in [0.15, 0.2) is 0 Å². The Morgan fingerprint density at radius 3 is 2.82 bits per heavy atom. The van der Waals surface area contributed by atoms with E-state index >= 15 is 0 Å². The van der Waals surface area contributed by atoms with Crippen molar-refractivity contribution in [3.8, 4) is 0 Å². The lowest BCUT2D eigenvalue weighted by molar-refractivity contribution is 0.0434. The fourth-order valence-electron chi connectivity index (χ4n) is 4.51. The Kier molecular flexibility index (Phi) is 5.19. The van der Waals surface area contributed by atoms with E-state index in [1.165, 1.54) is 63.0 Å². The van der Waals surface area contributed by atoms with E-state index in [1.807, 2.05) is 0 Å². The van der Waals surface area contributed by atoms with Gasteiger partial charge in [0, 0.05) is 36.9 Å². The van der Waals surface area contributed by atoms with Crippen LogP contribution in [-0.4, -0.2) is 52.3 Å². The minimum absolute atomic E-state index is 0.851. The Morgan fingerprint density at radius 1 is 1.23 bits per heavy atom. The highest BCUT2D eigenvalue weighted by Gasteiger charge is 2.33. The summed E-state index contributed by atoms with van der Waals surface area (Å²) < 4.78 is 2.10. The van der Waals surface area contributed by atoms with Gasteiger partial charge in [-0.05, 0) is 65.6 Å². The molecule has 2 fully saturated rings. The van der Waals surface area contributed by atoms with Crippen LogP contribution >= 0.6 is 0 Å². The monoisotopic (exact) mass is 304 g/mol. The molecule has 4 nitrogen and oxygen atoms in total. The lowest BCUT2D eigenvalue weighted by atomic mass is 9.83. The Balaban J connectivity index is 1.58. The second-order valence-electron chi connectivity index (χ2n) is 7.27. The number of aromatic nitrogens is 2. The van der Waals surface area contributed by atoms with Gasteiger partial charge in [0.2, 0.25) is 0 Å². The number of hydrogen-bond acceptors (Lipinski definition) is 3. The smallest absolute Gasteiger partial charge is 0.0537 e.